The summed E-state index contributed by atoms with van der Waals surface area (Å²) in [4.78, 5) is 0. The van der Waals surface area contributed by atoms with E-state index < -0.39 is 0 Å². The molecule has 0 spiro atoms. The molecule has 1 aliphatic rings. The second-order valence-electron chi connectivity index (χ2n) is 4.02. The Morgan fingerprint density at radius 2 is 2.07 bits per heavy atom. The highest BCUT2D eigenvalue weighted by atomic mass is 16.5. The van der Waals surface area contributed by atoms with Crippen LogP contribution in [0.25, 0.3) is 0 Å². The van der Waals surface area contributed by atoms with E-state index >= 15 is 0 Å². The Morgan fingerprint density at radius 3 is 2.57 bits per heavy atom. The molecule has 76 valence electrons. The highest BCUT2D eigenvalue weighted by Gasteiger charge is 2.44. The van der Waals surface area contributed by atoms with Crippen LogP contribution in [-0.4, -0.2) is 12.2 Å². The number of hydrogen-bond donors (Lipinski definition) is 2. The van der Waals surface area contributed by atoms with Crippen LogP contribution in [0.1, 0.15) is 24.0 Å². The smallest absolute Gasteiger partial charge is 0.127 e. The number of benzene rings is 1. The third kappa shape index (κ3) is 1.34. The molecule has 1 aromatic carbocycles. The molecule has 0 unspecified atom stereocenters. The number of methoxy groups -OCH3 is 1. The summed E-state index contributed by atoms with van der Waals surface area (Å²) in [7, 11) is 1.60. The fourth-order valence-corrected chi connectivity index (χ4v) is 1.78. The third-order valence-electron chi connectivity index (χ3n) is 2.73. The maximum atomic E-state index is 9.82. The molecule has 0 atom stereocenters. The van der Waals surface area contributed by atoms with Crippen molar-refractivity contribution in [2.75, 3.05) is 7.11 Å². The number of phenolic OH excluding ortho intramolecular Hbond substituents is 1. The molecule has 3 heteroatoms. The van der Waals surface area contributed by atoms with E-state index in [1.165, 1.54) is 0 Å². The Hall–Kier alpha value is -1.22. The van der Waals surface area contributed by atoms with Crippen molar-refractivity contribution in [1.29, 1.82) is 0 Å². The first-order valence-electron chi connectivity index (χ1n) is 4.74. The van der Waals surface area contributed by atoms with E-state index in [1.54, 1.807) is 13.2 Å². The van der Waals surface area contributed by atoms with Crippen LogP contribution >= 0.6 is 0 Å². The fraction of sp³-hybridized carbons (Fsp3) is 0.455. The molecule has 0 aromatic heterocycles. The number of rotatable bonds is 2. The van der Waals surface area contributed by atoms with Crippen molar-refractivity contribution in [2.24, 2.45) is 5.73 Å². The topological polar surface area (TPSA) is 55.5 Å². The SMILES string of the molecule is COc1cc(C)cc(O)c1C1(N)CC1. The molecule has 2 rings (SSSR count). The maximum absolute atomic E-state index is 9.82. The van der Waals surface area contributed by atoms with Crippen LogP contribution in [0.15, 0.2) is 12.1 Å². The Labute approximate surface area is 83.5 Å². The van der Waals surface area contributed by atoms with Crippen LogP contribution < -0.4 is 10.5 Å². The van der Waals surface area contributed by atoms with Gasteiger partial charge in [0.15, 0.2) is 0 Å². The molecule has 1 aromatic rings. The fourth-order valence-electron chi connectivity index (χ4n) is 1.78. The second-order valence-corrected chi connectivity index (χ2v) is 4.02. The van der Waals surface area contributed by atoms with Crippen LogP contribution in [0.3, 0.4) is 0 Å². The van der Waals surface area contributed by atoms with Crippen molar-refractivity contribution in [3.8, 4) is 11.5 Å². The summed E-state index contributed by atoms with van der Waals surface area (Å²) < 4.78 is 5.23. The van der Waals surface area contributed by atoms with Crippen molar-refractivity contribution in [2.45, 2.75) is 25.3 Å². The zero-order valence-electron chi connectivity index (χ0n) is 8.50. The molecule has 1 saturated carbocycles. The number of ether oxygens (including phenoxy) is 1. The van der Waals surface area contributed by atoms with E-state index in [2.05, 4.69) is 0 Å². The number of nitrogens with two attached hydrogens (primary N) is 1. The lowest BCUT2D eigenvalue weighted by Crippen LogP contribution is -2.19. The van der Waals surface area contributed by atoms with Crippen molar-refractivity contribution < 1.29 is 9.84 Å². The minimum Gasteiger partial charge on any atom is -0.507 e. The predicted molar refractivity (Wildman–Crippen MR) is 54.5 cm³/mol. The van der Waals surface area contributed by atoms with Crippen LogP contribution in [-0.2, 0) is 5.54 Å². The lowest BCUT2D eigenvalue weighted by Gasteiger charge is -2.16. The summed E-state index contributed by atoms with van der Waals surface area (Å²) in [5, 5.41) is 9.82. The highest BCUT2D eigenvalue weighted by Crippen LogP contribution is 2.50. The molecule has 0 saturated heterocycles. The molecule has 3 N–H and O–H groups in total. The first-order chi connectivity index (χ1) is 6.57. The average molecular weight is 193 g/mol. The van der Waals surface area contributed by atoms with E-state index in [0.29, 0.717) is 5.75 Å². The zero-order valence-corrected chi connectivity index (χ0v) is 8.50. The zero-order chi connectivity index (χ0) is 10.3. The van der Waals surface area contributed by atoms with Crippen LogP contribution in [0.2, 0.25) is 0 Å². The molecule has 14 heavy (non-hydrogen) atoms. The normalized spacial score (nSPS) is 17.9. The van der Waals surface area contributed by atoms with E-state index in [0.717, 1.165) is 24.0 Å². The van der Waals surface area contributed by atoms with E-state index in [-0.39, 0.29) is 11.3 Å². The molecule has 3 nitrogen and oxygen atoms in total. The van der Waals surface area contributed by atoms with Gasteiger partial charge >= 0.3 is 0 Å². The van der Waals surface area contributed by atoms with Gasteiger partial charge in [0, 0.05) is 5.54 Å². The van der Waals surface area contributed by atoms with E-state index in [9.17, 15) is 5.11 Å². The van der Waals surface area contributed by atoms with E-state index in [4.69, 9.17) is 10.5 Å². The molecule has 1 aliphatic carbocycles. The lowest BCUT2D eigenvalue weighted by molar-refractivity contribution is 0.391. The van der Waals surface area contributed by atoms with Crippen LogP contribution in [0.5, 0.6) is 11.5 Å². The van der Waals surface area contributed by atoms with Gasteiger partial charge in [0.1, 0.15) is 11.5 Å². The van der Waals surface area contributed by atoms with Crippen LogP contribution in [0, 0.1) is 6.92 Å². The first kappa shape index (κ1) is 9.34. The van der Waals surface area contributed by atoms with Gasteiger partial charge in [-0.3, -0.25) is 0 Å². The van der Waals surface area contributed by atoms with Crippen molar-refractivity contribution in [3.05, 3.63) is 23.3 Å². The summed E-state index contributed by atoms with van der Waals surface area (Å²) in [5.41, 5.74) is 7.43. The molecule has 0 radical (unpaired) electrons. The molecule has 0 bridgehead atoms. The Balaban J connectivity index is 2.56. The highest BCUT2D eigenvalue weighted by molar-refractivity contribution is 5.53. The van der Waals surface area contributed by atoms with Gasteiger partial charge in [-0.1, -0.05) is 0 Å². The van der Waals surface area contributed by atoms with E-state index in [1.807, 2.05) is 13.0 Å². The lowest BCUT2D eigenvalue weighted by atomic mass is 10.0. The Kier molecular flexibility index (Phi) is 1.93. The third-order valence-corrected chi connectivity index (χ3v) is 2.73. The van der Waals surface area contributed by atoms with Gasteiger partial charge in [0.05, 0.1) is 12.7 Å². The maximum Gasteiger partial charge on any atom is 0.127 e. The van der Waals surface area contributed by atoms with Crippen molar-refractivity contribution in [1.82, 2.24) is 0 Å². The van der Waals surface area contributed by atoms with Gasteiger partial charge < -0.3 is 15.6 Å². The molecular weight excluding hydrogens is 178 g/mol. The monoisotopic (exact) mass is 193 g/mol. The van der Waals surface area contributed by atoms with Gasteiger partial charge in [-0.05, 0) is 37.5 Å². The summed E-state index contributed by atoms with van der Waals surface area (Å²) in [6.45, 7) is 1.92. The van der Waals surface area contributed by atoms with Crippen LogP contribution in [0.4, 0.5) is 0 Å². The van der Waals surface area contributed by atoms with Gasteiger partial charge in [0.2, 0.25) is 0 Å². The summed E-state index contributed by atoms with van der Waals surface area (Å²) >= 11 is 0. The first-order valence-corrected chi connectivity index (χ1v) is 4.74. The van der Waals surface area contributed by atoms with Gasteiger partial charge in [-0.25, -0.2) is 0 Å². The number of aryl methyl sites for hydroxylation is 1. The van der Waals surface area contributed by atoms with Crippen molar-refractivity contribution >= 4 is 0 Å². The van der Waals surface area contributed by atoms with Gasteiger partial charge in [-0.2, -0.15) is 0 Å². The minimum atomic E-state index is -0.358. The van der Waals surface area contributed by atoms with Crippen molar-refractivity contribution in [3.63, 3.8) is 0 Å². The van der Waals surface area contributed by atoms with Gasteiger partial charge in [-0.15, -0.1) is 0 Å². The quantitative estimate of drug-likeness (QED) is 0.751. The molecule has 0 amide bonds. The molecule has 1 fully saturated rings. The Morgan fingerprint density at radius 1 is 1.43 bits per heavy atom. The molecule has 0 heterocycles. The number of hydrogen-bond acceptors (Lipinski definition) is 3. The molecular formula is C11H15NO2. The predicted octanol–water partition coefficient (Wildman–Crippen LogP) is 1.66. The van der Waals surface area contributed by atoms with Gasteiger partial charge in [0.25, 0.3) is 0 Å². The molecule has 0 aliphatic heterocycles. The summed E-state index contributed by atoms with van der Waals surface area (Å²) in [5.74, 6) is 0.948. The summed E-state index contributed by atoms with van der Waals surface area (Å²) in [6.07, 6.45) is 1.83. The average Bonchev–Trinajstić information content (AvgIpc) is 2.82. The number of phenols is 1. The standard InChI is InChI=1S/C11H15NO2/c1-7-5-8(13)10(9(6-7)14-2)11(12)3-4-11/h5-6,13H,3-4,12H2,1-2H3. The number of aromatic hydroxyl groups is 1. The Bertz CT molecular complexity index is 370. The second kappa shape index (κ2) is 2.89. The largest absolute Gasteiger partial charge is 0.507 e. The summed E-state index contributed by atoms with van der Waals surface area (Å²) in [6, 6.07) is 3.63. The minimum absolute atomic E-state index is 0.252.